The van der Waals surface area contributed by atoms with E-state index in [-0.39, 0.29) is 11.7 Å². The first-order valence-electron chi connectivity index (χ1n) is 4.28. The Hall–Kier alpha value is -1.55. The Morgan fingerprint density at radius 1 is 1.46 bits per heavy atom. The van der Waals surface area contributed by atoms with Gasteiger partial charge < -0.3 is 0 Å². The Balaban J connectivity index is 2.61. The minimum atomic E-state index is -0.121. The molecule has 0 fully saturated rings. The van der Waals surface area contributed by atoms with Gasteiger partial charge in [-0.2, -0.15) is 0 Å². The summed E-state index contributed by atoms with van der Waals surface area (Å²) < 4.78 is 0. The monoisotopic (exact) mass is 172 g/mol. The van der Waals surface area contributed by atoms with E-state index in [0.29, 0.717) is 0 Å². The Bertz CT molecular complexity index is 319. The van der Waals surface area contributed by atoms with Crippen molar-refractivity contribution in [1.82, 2.24) is 0 Å². The first-order valence-corrected chi connectivity index (χ1v) is 4.28. The fourth-order valence-corrected chi connectivity index (χ4v) is 1.20. The number of hydrogen-bond acceptors (Lipinski definition) is 1. The van der Waals surface area contributed by atoms with E-state index in [9.17, 15) is 4.79 Å². The Morgan fingerprint density at radius 2 is 2.08 bits per heavy atom. The van der Waals surface area contributed by atoms with Gasteiger partial charge >= 0.3 is 0 Å². The predicted octanol–water partition coefficient (Wildman–Crippen LogP) is 2.07. The molecule has 0 aromatic heterocycles. The molecule has 0 radical (unpaired) electrons. The van der Waals surface area contributed by atoms with Crippen molar-refractivity contribution in [3.05, 3.63) is 35.9 Å². The minimum Gasteiger partial charge on any atom is -0.285 e. The van der Waals surface area contributed by atoms with Gasteiger partial charge in [0.1, 0.15) is 0 Å². The van der Waals surface area contributed by atoms with Crippen molar-refractivity contribution in [2.45, 2.75) is 13.3 Å². The second kappa shape index (κ2) is 4.47. The molecule has 1 heteroatoms. The third kappa shape index (κ3) is 2.76. The molecule has 0 heterocycles. The summed E-state index contributed by atoms with van der Waals surface area (Å²) in [6.45, 7) is 1.86. The van der Waals surface area contributed by atoms with Crippen molar-refractivity contribution >= 4 is 5.78 Å². The number of carbonyl (C=O) groups is 1. The van der Waals surface area contributed by atoms with Gasteiger partial charge in [-0.1, -0.05) is 37.3 Å². The van der Waals surface area contributed by atoms with Crippen LogP contribution in [-0.4, -0.2) is 5.78 Å². The Labute approximate surface area is 78.8 Å². The SMILES string of the molecule is C#CC(=O)[C@H](C)Cc1ccccc1. The van der Waals surface area contributed by atoms with E-state index in [0.717, 1.165) is 12.0 Å². The maximum Gasteiger partial charge on any atom is 0.208 e. The van der Waals surface area contributed by atoms with E-state index in [1.807, 2.05) is 37.3 Å². The average Bonchev–Trinajstić information content (AvgIpc) is 2.18. The van der Waals surface area contributed by atoms with Crippen LogP contribution in [0, 0.1) is 18.3 Å². The molecule has 1 atom stereocenters. The maximum atomic E-state index is 11.1. The zero-order valence-electron chi connectivity index (χ0n) is 7.66. The number of benzene rings is 1. The molecule has 0 saturated heterocycles. The number of rotatable bonds is 3. The van der Waals surface area contributed by atoms with Crippen LogP contribution in [0.1, 0.15) is 12.5 Å². The van der Waals surface area contributed by atoms with Crippen LogP contribution in [-0.2, 0) is 11.2 Å². The van der Waals surface area contributed by atoms with Crippen LogP contribution in [0.4, 0.5) is 0 Å². The summed E-state index contributed by atoms with van der Waals surface area (Å²) >= 11 is 0. The molecule has 0 spiro atoms. The standard InChI is InChI=1S/C12H12O/c1-3-12(13)10(2)9-11-7-5-4-6-8-11/h1,4-8,10H,9H2,2H3/t10-/m1/s1. The highest BCUT2D eigenvalue weighted by Gasteiger charge is 2.09. The maximum absolute atomic E-state index is 11.1. The molecule has 66 valence electrons. The fourth-order valence-electron chi connectivity index (χ4n) is 1.20. The Kier molecular flexibility index (Phi) is 3.28. The first kappa shape index (κ1) is 9.54. The third-order valence-corrected chi connectivity index (χ3v) is 1.97. The molecule has 0 amide bonds. The lowest BCUT2D eigenvalue weighted by Crippen LogP contribution is -2.10. The normalized spacial score (nSPS) is 11.7. The van der Waals surface area contributed by atoms with Crippen molar-refractivity contribution in [1.29, 1.82) is 0 Å². The number of terminal acetylenes is 1. The van der Waals surface area contributed by atoms with Crippen LogP contribution in [0.2, 0.25) is 0 Å². The molecule has 1 aromatic carbocycles. The highest BCUT2D eigenvalue weighted by molar-refractivity contribution is 5.96. The fraction of sp³-hybridized carbons (Fsp3) is 0.250. The summed E-state index contributed by atoms with van der Waals surface area (Å²) in [5, 5.41) is 0. The molecule has 0 N–H and O–H groups in total. The van der Waals surface area contributed by atoms with E-state index >= 15 is 0 Å². The topological polar surface area (TPSA) is 17.1 Å². The molecule has 0 bridgehead atoms. The molecule has 13 heavy (non-hydrogen) atoms. The average molecular weight is 172 g/mol. The lowest BCUT2D eigenvalue weighted by molar-refractivity contribution is -0.116. The molecular formula is C12H12O. The van der Waals surface area contributed by atoms with E-state index in [1.54, 1.807) is 0 Å². The van der Waals surface area contributed by atoms with Gasteiger partial charge in [0, 0.05) is 5.92 Å². The summed E-state index contributed by atoms with van der Waals surface area (Å²) in [4.78, 5) is 11.1. The lowest BCUT2D eigenvalue weighted by atomic mass is 9.98. The summed E-state index contributed by atoms with van der Waals surface area (Å²) in [5.74, 6) is 1.95. The van der Waals surface area contributed by atoms with E-state index < -0.39 is 0 Å². The van der Waals surface area contributed by atoms with E-state index in [2.05, 4.69) is 5.92 Å². The lowest BCUT2D eigenvalue weighted by Gasteiger charge is -2.05. The first-order chi connectivity index (χ1) is 6.24. The van der Waals surface area contributed by atoms with Gasteiger partial charge in [0.25, 0.3) is 0 Å². The highest BCUT2D eigenvalue weighted by Crippen LogP contribution is 2.08. The third-order valence-electron chi connectivity index (χ3n) is 1.97. The van der Waals surface area contributed by atoms with Crippen LogP contribution >= 0.6 is 0 Å². The van der Waals surface area contributed by atoms with Crippen LogP contribution < -0.4 is 0 Å². The summed E-state index contributed by atoms with van der Waals surface area (Å²) in [6.07, 6.45) is 5.75. The van der Waals surface area contributed by atoms with Gasteiger partial charge in [-0.15, -0.1) is 6.42 Å². The number of carbonyl (C=O) groups excluding carboxylic acids is 1. The smallest absolute Gasteiger partial charge is 0.208 e. The molecule has 0 aliphatic heterocycles. The van der Waals surface area contributed by atoms with Crippen LogP contribution in [0.5, 0.6) is 0 Å². The molecule has 1 aromatic rings. The zero-order valence-corrected chi connectivity index (χ0v) is 7.66. The van der Waals surface area contributed by atoms with Gasteiger partial charge in [0.2, 0.25) is 5.78 Å². The molecule has 0 unspecified atom stereocenters. The quantitative estimate of drug-likeness (QED) is 0.504. The van der Waals surface area contributed by atoms with Crippen molar-refractivity contribution in [3.8, 4) is 12.3 Å². The second-order valence-corrected chi connectivity index (χ2v) is 3.10. The van der Waals surface area contributed by atoms with Crippen LogP contribution in [0.15, 0.2) is 30.3 Å². The number of ketones is 1. The predicted molar refractivity (Wildman–Crippen MR) is 53.2 cm³/mol. The Morgan fingerprint density at radius 3 is 2.62 bits per heavy atom. The van der Waals surface area contributed by atoms with Gasteiger partial charge in [-0.25, -0.2) is 0 Å². The van der Waals surface area contributed by atoms with Crippen molar-refractivity contribution in [3.63, 3.8) is 0 Å². The van der Waals surface area contributed by atoms with Gasteiger partial charge in [0.05, 0.1) is 0 Å². The summed E-state index contributed by atoms with van der Waals surface area (Å²) in [6, 6.07) is 9.88. The van der Waals surface area contributed by atoms with Gasteiger partial charge in [-0.05, 0) is 17.9 Å². The van der Waals surface area contributed by atoms with Crippen molar-refractivity contribution < 1.29 is 4.79 Å². The van der Waals surface area contributed by atoms with Gasteiger partial charge in [0.15, 0.2) is 0 Å². The highest BCUT2D eigenvalue weighted by atomic mass is 16.1. The minimum absolute atomic E-state index is 0.0765. The zero-order chi connectivity index (χ0) is 9.68. The number of hydrogen-bond donors (Lipinski definition) is 0. The molecule has 1 rings (SSSR count). The molecular weight excluding hydrogens is 160 g/mol. The van der Waals surface area contributed by atoms with Gasteiger partial charge in [-0.3, -0.25) is 4.79 Å². The van der Waals surface area contributed by atoms with E-state index in [1.165, 1.54) is 0 Å². The molecule has 0 aliphatic carbocycles. The number of Topliss-reactive ketones (excluding diaryl/α,β-unsaturated/α-hetero) is 1. The van der Waals surface area contributed by atoms with Crippen molar-refractivity contribution in [2.24, 2.45) is 5.92 Å². The second-order valence-electron chi connectivity index (χ2n) is 3.10. The molecule has 0 saturated carbocycles. The molecule has 0 aliphatic rings. The van der Waals surface area contributed by atoms with Crippen molar-refractivity contribution in [2.75, 3.05) is 0 Å². The largest absolute Gasteiger partial charge is 0.285 e. The molecule has 1 nitrogen and oxygen atoms in total. The van der Waals surface area contributed by atoms with Crippen LogP contribution in [0.3, 0.4) is 0 Å². The summed E-state index contributed by atoms with van der Waals surface area (Å²) in [5.41, 5.74) is 1.15. The van der Waals surface area contributed by atoms with E-state index in [4.69, 9.17) is 6.42 Å². The van der Waals surface area contributed by atoms with Crippen LogP contribution in [0.25, 0.3) is 0 Å². The summed E-state index contributed by atoms with van der Waals surface area (Å²) in [7, 11) is 0.